The van der Waals surface area contributed by atoms with Crippen LogP contribution in [0.4, 0.5) is 17.3 Å². The normalized spacial score (nSPS) is 14.9. The summed E-state index contributed by atoms with van der Waals surface area (Å²) in [6.45, 7) is 4.15. The van der Waals surface area contributed by atoms with Gasteiger partial charge in [0.15, 0.2) is 11.6 Å². The van der Waals surface area contributed by atoms with Crippen LogP contribution in [0.2, 0.25) is 0 Å². The van der Waals surface area contributed by atoms with Gasteiger partial charge in [-0.1, -0.05) is 29.8 Å². The number of nitrogens with one attached hydrogen (secondary N) is 1. The first kappa shape index (κ1) is 18.0. The quantitative estimate of drug-likeness (QED) is 0.795. The number of hydrogen-bond acceptors (Lipinski definition) is 7. The van der Waals surface area contributed by atoms with Crippen molar-refractivity contribution in [3.05, 3.63) is 41.7 Å². The van der Waals surface area contributed by atoms with Crippen molar-refractivity contribution in [2.75, 3.05) is 36.1 Å². The number of anilines is 3. The monoisotopic (exact) mass is 355 g/mol. The van der Waals surface area contributed by atoms with Crippen LogP contribution in [-0.4, -0.2) is 36.1 Å². The van der Waals surface area contributed by atoms with Gasteiger partial charge in [-0.3, -0.25) is 4.79 Å². The van der Waals surface area contributed by atoms with Crippen molar-refractivity contribution in [1.29, 1.82) is 0 Å². The highest BCUT2D eigenvalue weighted by Gasteiger charge is 2.27. The molecule has 2 heterocycles. The minimum absolute atomic E-state index is 0.0431. The summed E-state index contributed by atoms with van der Waals surface area (Å²) in [6.07, 6.45) is 3.00. The second kappa shape index (κ2) is 8.03. The first-order valence-corrected chi connectivity index (χ1v) is 8.81. The molecular weight excluding hydrogens is 330 g/mol. The van der Waals surface area contributed by atoms with Gasteiger partial charge in [0.05, 0.1) is 13.0 Å². The number of carbonyl (C=O) groups is 1. The molecule has 0 saturated carbocycles. The van der Waals surface area contributed by atoms with E-state index in [4.69, 9.17) is 10.5 Å². The maximum atomic E-state index is 11.7. The first-order valence-electron chi connectivity index (χ1n) is 8.81. The lowest BCUT2D eigenvalue weighted by atomic mass is 9.97. The molecule has 0 aliphatic carbocycles. The van der Waals surface area contributed by atoms with Crippen LogP contribution in [0.25, 0.3) is 0 Å². The molecule has 3 N–H and O–H groups in total. The van der Waals surface area contributed by atoms with Crippen molar-refractivity contribution in [1.82, 2.24) is 9.97 Å². The third kappa shape index (κ3) is 4.04. The highest BCUT2D eigenvalue weighted by molar-refractivity contribution is 5.76. The Morgan fingerprint density at radius 1 is 1.27 bits per heavy atom. The number of ether oxygens (including phenoxy) is 1. The number of aryl methyl sites for hydroxylation is 1. The van der Waals surface area contributed by atoms with E-state index in [9.17, 15) is 4.79 Å². The lowest BCUT2D eigenvalue weighted by molar-refractivity contribution is -0.146. The van der Waals surface area contributed by atoms with E-state index in [-0.39, 0.29) is 11.9 Å². The molecule has 0 atom stereocenters. The Morgan fingerprint density at radius 3 is 2.62 bits per heavy atom. The molecule has 1 aromatic carbocycles. The summed E-state index contributed by atoms with van der Waals surface area (Å²) in [5.41, 5.74) is 9.23. The van der Waals surface area contributed by atoms with Crippen LogP contribution in [0.5, 0.6) is 0 Å². The van der Waals surface area contributed by atoms with E-state index in [1.807, 2.05) is 0 Å². The van der Waals surface area contributed by atoms with Gasteiger partial charge >= 0.3 is 5.97 Å². The van der Waals surface area contributed by atoms with Gasteiger partial charge in [0, 0.05) is 19.6 Å². The molecule has 1 fully saturated rings. The van der Waals surface area contributed by atoms with E-state index in [1.54, 1.807) is 0 Å². The standard InChI is InChI=1S/C19H25N5O2/c1-13-3-5-14(6-4-13)11-21-17-16(20)18(23-12-22-17)24-9-7-15(8-10-24)19(25)26-2/h3-6,12,15H,7-11,20H2,1-2H3,(H,21,22,23). The number of esters is 1. The number of hydrogen-bond donors (Lipinski definition) is 2. The van der Waals surface area contributed by atoms with Crippen molar-refractivity contribution in [2.24, 2.45) is 5.92 Å². The van der Waals surface area contributed by atoms with Gasteiger partial charge in [-0.05, 0) is 25.3 Å². The Hall–Kier alpha value is -2.83. The van der Waals surface area contributed by atoms with Gasteiger partial charge in [-0.15, -0.1) is 0 Å². The average molecular weight is 355 g/mol. The van der Waals surface area contributed by atoms with E-state index in [2.05, 4.69) is 51.4 Å². The number of carbonyl (C=O) groups excluding carboxylic acids is 1. The van der Waals surface area contributed by atoms with Crippen LogP contribution in [-0.2, 0) is 16.1 Å². The molecule has 1 aliphatic rings. The van der Waals surface area contributed by atoms with Crippen molar-refractivity contribution in [2.45, 2.75) is 26.3 Å². The number of piperidine rings is 1. The topological polar surface area (TPSA) is 93.4 Å². The highest BCUT2D eigenvalue weighted by atomic mass is 16.5. The zero-order valence-electron chi connectivity index (χ0n) is 15.2. The zero-order valence-corrected chi connectivity index (χ0v) is 15.2. The molecule has 1 aromatic heterocycles. The van der Waals surface area contributed by atoms with Gasteiger partial charge in [0.1, 0.15) is 12.0 Å². The van der Waals surface area contributed by atoms with Crippen molar-refractivity contribution in [3.63, 3.8) is 0 Å². The molecule has 7 nitrogen and oxygen atoms in total. The van der Waals surface area contributed by atoms with Gasteiger partial charge in [0.2, 0.25) is 0 Å². The molecule has 26 heavy (non-hydrogen) atoms. The molecule has 7 heteroatoms. The Bertz CT molecular complexity index is 755. The van der Waals surface area contributed by atoms with Gasteiger partial charge in [0.25, 0.3) is 0 Å². The molecule has 1 saturated heterocycles. The lowest BCUT2D eigenvalue weighted by Crippen LogP contribution is -2.37. The minimum Gasteiger partial charge on any atom is -0.469 e. The van der Waals surface area contributed by atoms with Crippen LogP contribution in [0.15, 0.2) is 30.6 Å². The van der Waals surface area contributed by atoms with Crippen LogP contribution in [0.1, 0.15) is 24.0 Å². The van der Waals surface area contributed by atoms with Crippen LogP contribution < -0.4 is 16.0 Å². The lowest BCUT2D eigenvalue weighted by Gasteiger charge is -2.32. The number of nitrogens with zero attached hydrogens (tertiary/aromatic N) is 3. The largest absolute Gasteiger partial charge is 0.469 e. The van der Waals surface area contributed by atoms with Crippen molar-refractivity contribution >= 4 is 23.3 Å². The van der Waals surface area contributed by atoms with E-state index < -0.39 is 0 Å². The summed E-state index contributed by atoms with van der Waals surface area (Å²) >= 11 is 0. The molecule has 138 valence electrons. The minimum atomic E-state index is -0.138. The number of nitrogens with two attached hydrogens (primary N) is 1. The van der Waals surface area contributed by atoms with Crippen molar-refractivity contribution in [3.8, 4) is 0 Å². The van der Waals surface area contributed by atoms with Crippen molar-refractivity contribution < 1.29 is 9.53 Å². The third-order valence-electron chi connectivity index (χ3n) is 4.77. The first-order chi connectivity index (χ1) is 12.6. The molecule has 0 amide bonds. The number of aromatic nitrogens is 2. The predicted octanol–water partition coefficient (Wildman–Crippen LogP) is 2.37. The van der Waals surface area contributed by atoms with E-state index in [0.717, 1.165) is 37.3 Å². The summed E-state index contributed by atoms with van der Waals surface area (Å²) in [7, 11) is 1.43. The second-order valence-corrected chi connectivity index (χ2v) is 6.58. The SMILES string of the molecule is COC(=O)C1CCN(c2ncnc(NCc3ccc(C)cc3)c2N)CC1. The number of benzene rings is 1. The number of methoxy groups -OCH3 is 1. The Morgan fingerprint density at radius 2 is 1.96 bits per heavy atom. The average Bonchev–Trinajstić information content (AvgIpc) is 2.68. The molecule has 0 spiro atoms. The van der Waals surface area contributed by atoms with E-state index >= 15 is 0 Å². The Balaban J connectivity index is 1.65. The molecule has 1 aliphatic heterocycles. The number of rotatable bonds is 5. The smallest absolute Gasteiger partial charge is 0.308 e. The van der Waals surface area contributed by atoms with Gasteiger partial charge in [-0.2, -0.15) is 0 Å². The Labute approximate surface area is 153 Å². The molecule has 2 aromatic rings. The van der Waals surface area contributed by atoms with Gasteiger partial charge < -0.3 is 20.7 Å². The van der Waals surface area contributed by atoms with Crippen LogP contribution in [0.3, 0.4) is 0 Å². The van der Waals surface area contributed by atoms with E-state index in [1.165, 1.54) is 19.0 Å². The zero-order chi connectivity index (χ0) is 18.5. The fraction of sp³-hybridized carbons (Fsp3) is 0.421. The summed E-state index contributed by atoms with van der Waals surface area (Å²) in [5.74, 6) is 1.17. The van der Waals surface area contributed by atoms with Gasteiger partial charge in [-0.25, -0.2) is 9.97 Å². The maximum absolute atomic E-state index is 11.7. The molecule has 0 unspecified atom stereocenters. The summed E-state index contributed by atoms with van der Waals surface area (Å²) < 4.78 is 4.84. The van der Waals surface area contributed by atoms with Crippen LogP contribution >= 0.6 is 0 Å². The fourth-order valence-electron chi connectivity index (χ4n) is 3.16. The fourth-order valence-corrected chi connectivity index (χ4v) is 3.16. The molecule has 0 bridgehead atoms. The maximum Gasteiger partial charge on any atom is 0.308 e. The molecular formula is C19H25N5O2. The van der Waals surface area contributed by atoms with Crippen LogP contribution in [0, 0.1) is 12.8 Å². The molecule has 0 radical (unpaired) electrons. The second-order valence-electron chi connectivity index (χ2n) is 6.58. The van der Waals surface area contributed by atoms with E-state index in [0.29, 0.717) is 18.1 Å². The number of nitrogen functional groups attached to an aromatic ring is 1. The summed E-state index contributed by atoms with van der Waals surface area (Å²) in [4.78, 5) is 22.4. The third-order valence-corrected chi connectivity index (χ3v) is 4.77. The molecule has 3 rings (SSSR count). The predicted molar refractivity (Wildman–Crippen MR) is 102 cm³/mol. The summed E-state index contributed by atoms with van der Waals surface area (Å²) in [6, 6.07) is 8.32. The summed E-state index contributed by atoms with van der Waals surface area (Å²) in [5, 5.41) is 3.29. The Kier molecular flexibility index (Phi) is 5.55. The highest BCUT2D eigenvalue weighted by Crippen LogP contribution is 2.30.